The molecule has 1 aromatic rings. The summed E-state index contributed by atoms with van der Waals surface area (Å²) in [6.07, 6.45) is 7.56. The van der Waals surface area contributed by atoms with E-state index in [9.17, 15) is 14.4 Å². The highest BCUT2D eigenvalue weighted by molar-refractivity contribution is 7.17. The molecule has 1 aromatic heterocycles. The number of carboxylic acid groups (broad SMARTS) is 1. The first-order valence-electron chi connectivity index (χ1n) is 11.1. The van der Waals surface area contributed by atoms with E-state index in [1.807, 2.05) is 0 Å². The van der Waals surface area contributed by atoms with Gasteiger partial charge in [0.05, 0.1) is 5.56 Å². The number of nitrogens with one attached hydrogen (secondary N) is 2. The summed E-state index contributed by atoms with van der Waals surface area (Å²) in [5, 5.41) is 15.5. The average molecular weight is 435 g/mol. The van der Waals surface area contributed by atoms with E-state index in [1.165, 1.54) is 16.2 Å². The maximum absolute atomic E-state index is 13.2. The van der Waals surface area contributed by atoms with Gasteiger partial charge in [-0.3, -0.25) is 14.4 Å². The minimum Gasteiger partial charge on any atom is -0.481 e. The summed E-state index contributed by atoms with van der Waals surface area (Å²) >= 11 is 1.53. The van der Waals surface area contributed by atoms with E-state index in [-0.39, 0.29) is 36.1 Å². The van der Waals surface area contributed by atoms with Gasteiger partial charge in [-0.25, -0.2) is 0 Å². The Morgan fingerprint density at radius 2 is 1.80 bits per heavy atom. The summed E-state index contributed by atoms with van der Waals surface area (Å²) in [6.45, 7) is 6.78. The summed E-state index contributed by atoms with van der Waals surface area (Å²) < 4.78 is 0. The molecule has 1 fully saturated rings. The monoisotopic (exact) mass is 434 g/mol. The van der Waals surface area contributed by atoms with E-state index < -0.39 is 5.97 Å². The van der Waals surface area contributed by atoms with Gasteiger partial charge < -0.3 is 15.7 Å². The van der Waals surface area contributed by atoms with Crippen molar-refractivity contribution < 1.29 is 19.5 Å². The highest BCUT2D eigenvalue weighted by Gasteiger charge is 2.34. The van der Waals surface area contributed by atoms with Crippen LogP contribution in [0, 0.1) is 11.3 Å². The lowest BCUT2D eigenvalue weighted by atomic mass is 9.72. The number of carboxylic acids is 1. The van der Waals surface area contributed by atoms with E-state index in [4.69, 9.17) is 5.11 Å². The number of hydrogen-bond donors (Lipinski definition) is 3. The number of thiophene rings is 1. The van der Waals surface area contributed by atoms with Crippen molar-refractivity contribution in [1.29, 1.82) is 0 Å². The molecule has 0 aromatic carbocycles. The molecule has 7 heteroatoms. The third-order valence-corrected chi connectivity index (χ3v) is 7.62. The third-order valence-electron chi connectivity index (χ3n) is 6.45. The lowest BCUT2D eigenvalue weighted by Gasteiger charge is -2.33. The Kier molecular flexibility index (Phi) is 7.22. The fourth-order valence-electron chi connectivity index (χ4n) is 4.57. The topological polar surface area (TPSA) is 95.5 Å². The maximum Gasteiger partial charge on any atom is 0.303 e. The van der Waals surface area contributed by atoms with Crippen LogP contribution in [0.5, 0.6) is 0 Å². The minimum atomic E-state index is -0.903. The zero-order valence-electron chi connectivity index (χ0n) is 18.3. The lowest BCUT2D eigenvalue weighted by molar-refractivity contribution is -0.137. The quantitative estimate of drug-likeness (QED) is 0.576. The Labute approximate surface area is 182 Å². The van der Waals surface area contributed by atoms with Gasteiger partial charge in [-0.05, 0) is 55.4 Å². The molecule has 2 aliphatic carbocycles. The van der Waals surface area contributed by atoms with Gasteiger partial charge in [0, 0.05) is 23.8 Å². The molecule has 6 nitrogen and oxygen atoms in total. The SMILES string of the molecule is CC(C)(C)[C@H]1CCc2c(sc(NC(=O)CCCC(=O)O)c2C(=O)NC2CCCC2)C1. The molecular weight excluding hydrogens is 400 g/mol. The second-order valence-corrected chi connectivity index (χ2v) is 10.9. The highest BCUT2D eigenvalue weighted by Crippen LogP contribution is 2.44. The Hall–Kier alpha value is -1.89. The van der Waals surface area contributed by atoms with Crippen LogP contribution in [0.15, 0.2) is 0 Å². The van der Waals surface area contributed by atoms with Crippen molar-refractivity contribution in [2.24, 2.45) is 11.3 Å². The van der Waals surface area contributed by atoms with Crippen LogP contribution < -0.4 is 10.6 Å². The Morgan fingerprint density at radius 1 is 1.10 bits per heavy atom. The van der Waals surface area contributed by atoms with E-state index in [0.29, 0.717) is 22.9 Å². The van der Waals surface area contributed by atoms with Crippen molar-refractivity contribution in [2.45, 2.75) is 91.0 Å². The van der Waals surface area contributed by atoms with Crippen molar-refractivity contribution >= 4 is 34.1 Å². The molecule has 0 unspecified atom stereocenters. The van der Waals surface area contributed by atoms with Crippen LogP contribution in [0.2, 0.25) is 0 Å². The number of hydrogen-bond acceptors (Lipinski definition) is 4. The van der Waals surface area contributed by atoms with Crippen LogP contribution in [0.25, 0.3) is 0 Å². The molecule has 3 rings (SSSR count). The maximum atomic E-state index is 13.2. The molecule has 0 radical (unpaired) electrons. The molecule has 30 heavy (non-hydrogen) atoms. The summed E-state index contributed by atoms with van der Waals surface area (Å²) in [7, 11) is 0. The molecule has 2 amide bonds. The van der Waals surface area contributed by atoms with Gasteiger partial charge in [-0.2, -0.15) is 0 Å². The smallest absolute Gasteiger partial charge is 0.303 e. The van der Waals surface area contributed by atoms with Gasteiger partial charge in [0.15, 0.2) is 0 Å². The third kappa shape index (κ3) is 5.62. The standard InChI is InChI=1S/C23H34N2O4S/c1-23(2,3)14-11-12-16-17(13-14)30-22(25-18(26)9-6-10-19(27)28)20(16)21(29)24-15-7-4-5-8-15/h14-15H,4-13H2,1-3H3,(H,24,29)(H,25,26)(H,27,28)/t14-/m0/s1. The molecular formula is C23H34N2O4S. The average Bonchev–Trinajstić information content (AvgIpc) is 3.26. The van der Waals surface area contributed by atoms with Gasteiger partial charge in [0.25, 0.3) is 5.91 Å². The molecule has 0 bridgehead atoms. The van der Waals surface area contributed by atoms with Gasteiger partial charge in [-0.15, -0.1) is 11.3 Å². The first kappa shape index (κ1) is 22.8. The Morgan fingerprint density at radius 3 is 2.43 bits per heavy atom. The zero-order chi connectivity index (χ0) is 21.9. The summed E-state index contributed by atoms with van der Waals surface area (Å²) in [5.41, 5.74) is 1.94. The zero-order valence-corrected chi connectivity index (χ0v) is 19.1. The van der Waals surface area contributed by atoms with Crippen LogP contribution in [-0.2, 0) is 22.4 Å². The normalized spacial score (nSPS) is 19.4. The number of rotatable bonds is 7. The molecule has 1 saturated carbocycles. The number of carbonyl (C=O) groups excluding carboxylic acids is 2. The van der Waals surface area contributed by atoms with Gasteiger partial charge in [0.2, 0.25) is 5.91 Å². The van der Waals surface area contributed by atoms with Crippen LogP contribution in [-0.4, -0.2) is 28.9 Å². The van der Waals surface area contributed by atoms with Gasteiger partial charge in [-0.1, -0.05) is 33.6 Å². The second-order valence-electron chi connectivity index (χ2n) is 9.76. The summed E-state index contributed by atoms with van der Waals surface area (Å²) in [6, 6.07) is 0.220. The van der Waals surface area contributed by atoms with Gasteiger partial charge in [0.1, 0.15) is 5.00 Å². The fourth-order valence-corrected chi connectivity index (χ4v) is 5.91. The van der Waals surface area contributed by atoms with Crippen molar-refractivity contribution in [3.63, 3.8) is 0 Å². The number of carbonyl (C=O) groups is 3. The van der Waals surface area contributed by atoms with E-state index in [2.05, 4.69) is 31.4 Å². The molecule has 0 aliphatic heterocycles. The van der Waals surface area contributed by atoms with Crippen molar-refractivity contribution in [1.82, 2.24) is 5.32 Å². The van der Waals surface area contributed by atoms with Crippen molar-refractivity contribution in [2.75, 3.05) is 5.32 Å². The largest absolute Gasteiger partial charge is 0.481 e. The van der Waals surface area contributed by atoms with Crippen LogP contribution in [0.4, 0.5) is 5.00 Å². The summed E-state index contributed by atoms with van der Waals surface area (Å²) in [5.74, 6) is -0.653. The fraction of sp³-hybridized carbons (Fsp3) is 0.696. The van der Waals surface area contributed by atoms with Gasteiger partial charge >= 0.3 is 5.97 Å². The molecule has 0 spiro atoms. The van der Waals surface area contributed by atoms with E-state index in [1.54, 1.807) is 0 Å². The number of anilines is 1. The van der Waals surface area contributed by atoms with Crippen LogP contribution >= 0.6 is 11.3 Å². The molecule has 166 valence electrons. The summed E-state index contributed by atoms with van der Waals surface area (Å²) in [4.78, 5) is 37.5. The number of aliphatic carboxylic acids is 1. The molecule has 1 heterocycles. The van der Waals surface area contributed by atoms with Crippen LogP contribution in [0.1, 0.15) is 92.9 Å². The van der Waals surface area contributed by atoms with Crippen LogP contribution in [0.3, 0.4) is 0 Å². The predicted molar refractivity (Wildman–Crippen MR) is 119 cm³/mol. The molecule has 0 saturated heterocycles. The number of fused-ring (bicyclic) bond motifs is 1. The Bertz CT molecular complexity index is 803. The lowest BCUT2D eigenvalue weighted by Crippen LogP contribution is -2.34. The van der Waals surface area contributed by atoms with Crippen molar-refractivity contribution in [3.8, 4) is 0 Å². The van der Waals surface area contributed by atoms with E-state index in [0.717, 1.165) is 50.5 Å². The molecule has 1 atom stereocenters. The minimum absolute atomic E-state index is 0.0311. The van der Waals surface area contributed by atoms with Crippen molar-refractivity contribution in [3.05, 3.63) is 16.0 Å². The van der Waals surface area contributed by atoms with E-state index >= 15 is 0 Å². The molecule has 3 N–H and O–H groups in total. The number of amides is 2. The first-order chi connectivity index (χ1) is 14.1. The highest BCUT2D eigenvalue weighted by atomic mass is 32.1. The molecule has 2 aliphatic rings. The second kappa shape index (κ2) is 9.50. The predicted octanol–water partition coefficient (Wildman–Crippen LogP) is 4.76. The first-order valence-corrected chi connectivity index (χ1v) is 11.9. The Balaban J connectivity index is 1.80.